The van der Waals surface area contributed by atoms with Crippen LogP contribution < -0.4 is 0 Å². The highest BCUT2D eigenvalue weighted by atomic mass is 32.1. The van der Waals surface area contributed by atoms with Crippen molar-refractivity contribution in [2.24, 2.45) is 0 Å². The molecule has 3 heterocycles. The van der Waals surface area contributed by atoms with E-state index in [1.54, 1.807) is 11.3 Å². The molecule has 0 aromatic carbocycles. The van der Waals surface area contributed by atoms with E-state index < -0.39 is 6.09 Å². The molecule has 0 saturated heterocycles. The van der Waals surface area contributed by atoms with Crippen LogP contribution in [0, 0.1) is 0 Å². The third kappa shape index (κ3) is 2.13. The SMILES string of the molecule is C=COC(=O)N1Cc2nc(-c3cccs3)ccc2C1=S. The Bertz CT molecular complexity index is 695. The molecule has 1 aliphatic heterocycles. The summed E-state index contributed by atoms with van der Waals surface area (Å²) >= 11 is 6.91. The van der Waals surface area contributed by atoms with Gasteiger partial charge in [-0.25, -0.2) is 9.78 Å². The highest BCUT2D eigenvalue weighted by Crippen LogP contribution is 2.28. The average molecular weight is 302 g/mol. The van der Waals surface area contributed by atoms with Crippen LogP contribution in [-0.2, 0) is 11.3 Å². The number of carbonyl (C=O) groups excluding carboxylic acids is 1. The van der Waals surface area contributed by atoms with E-state index in [1.165, 1.54) is 4.90 Å². The van der Waals surface area contributed by atoms with Crippen LogP contribution in [0.15, 0.2) is 42.5 Å². The summed E-state index contributed by atoms with van der Waals surface area (Å²) in [5.74, 6) is 0. The van der Waals surface area contributed by atoms with Crippen molar-refractivity contribution >= 4 is 34.6 Å². The summed E-state index contributed by atoms with van der Waals surface area (Å²) in [6.07, 6.45) is 0.569. The Morgan fingerprint density at radius 1 is 1.50 bits per heavy atom. The molecule has 0 saturated carbocycles. The number of nitrogens with zero attached hydrogens (tertiary/aromatic N) is 2. The van der Waals surface area contributed by atoms with Crippen molar-refractivity contribution in [3.63, 3.8) is 0 Å². The zero-order chi connectivity index (χ0) is 14.1. The molecule has 0 N–H and O–H groups in total. The molecule has 100 valence electrons. The fourth-order valence-corrected chi connectivity index (χ4v) is 3.05. The number of fused-ring (bicyclic) bond motifs is 1. The largest absolute Gasteiger partial charge is 0.420 e. The van der Waals surface area contributed by atoms with Gasteiger partial charge in [0.15, 0.2) is 0 Å². The molecule has 4 nitrogen and oxygen atoms in total. The Balaban J connectivity index is 1.93. The van der Waals surface area contributed by atoms with Crippen LogP contribution in [-0.4, -0.2) is 21.0 Å². The molecule has 2 aromatic heterocycles. The fraction of sp³-hybridized carbons (Fsp3) is 0.0714. The lowest BCUT2D eigenvalue weighted by Gasteiger charge is -2.12. The lowest BCUT2D eigenvalue weighted by Crippen LogP contribution is -2.29. The van der Waals surface area contributed by atoms with E-state index in [-0.39, 0.29) is 0 Å². The number of pyridine rings is 1. The smallest absolute Gasteiger partial charge is 0.419 e. The van der Waals surface area contributed by atoms with E-state index >= 15 is 0 Å². The molecule has 0 aliphatic carbocycles. The molecule has 0 bridgehead atoms. The molecule has 0 radical (unpaired) electrons. The summed E-state index contributed by atoms with van der Waals surface area (Å²) in [5, 5.41) is 2.00. The molecule has 2 aromatic rings. The van der Waals surface area contributed by atoms with Gasteiger partial charge < -0.3 is 4.74 Å². The van der Waals surface area contributed by atoms with Crippen molar-refractivity contribution in [3.05, 3.63) is 53.7 Å². The molecule has 20 heavy (non-hydrogen) atoms. The van der Waals surface area contributed by atoms with Crippen LogP contribution in [0.4, 0.5) is 4.79 Å². The van der Waals surface area contributed by atoms with Gasteiger partial charge in [-0.3, -0.25) is 4.90 Å². The van der Waals surface area contributed by atoms with E-state index in [2.05, 4.69) is 11.6 Å². The monoisotopic (exact) mass is 302 g/mol. The molecule has 0 unspecified atom stereocenters. The number of carbonyl (C=O) groups is 1. The average Bonchev–Trinajstić information content (AvgIpc) is 3.07. The maximum absolute atomic E-state index is 11.8. The Kier molecular flexibility index (Phi) is 3.33. The number of ether oxygens (including phenoxy) is 1. The number of hydrogen-bond donors (Lipinski definition) is 0. The van der Waals surface area contributed by atoms with Gasteiger partial charge in [0.25, 0.3) is 0 Å². The molecule has 0 fully saturated rings. The van der Waals surface area contributed by atoms with Crippen molar-refractivity contribution in [2.75, 3.05) is 0 Å². The van der Waals surface area contributed by atoms with Crippen LogP contribution in [0.2, 0.25) is 0 Å². The van der Waals surface area contributed by atoms with Gasteiger partial charge in [-0.05, 0) is 23.6 Å². The highest BCUT2D eigenvalue weighted by Gasteiger charge is 2.31. The number of aromatic nitrogens is 1. The van der Waals surface area contributed by atoms with Crippen LogP contribution in [0.1, 0.15) is 11.3 Å². The Labute approximate surface area is 125 Å². The minimum absolute atomic E-state index is 0.333. The number of thiocarbonyl (C=S) groups is 1. The summed E-state index contributed by atoms with van der Waals surface area (Å²) in [6, 6.07) is 7.81. The third-order valence-corrected chi connectivity index (χ3v) is 4.27. The minimum atomic E-state index is -0.527. The first-order valence-electron chi connectivity index (χ1n) is 5.88. The summed E-state index contributed by atoms with van der Waals surface area (Å²) in [5.41, 5.74) is 2.49. The lowest BCUT2D eigenvalue weighted by molar-refractivity contribution is 0.161. The van der Waals surface area contributed by atoms with Crippen molar-refractivity contribution in [1.82, 2.24) is 9.88 Å². The summed E-state index contributed by atoms with van der Waals surface area (Å²) in [6.45, 7) is 3.70. The second-order valence-corrected chi connectivity index (χ2v) is 5.44. The molecular formula is C14H10N2O2S2. The first-order chi connectivity index (χ1) is 9.70. The van der Waals surface area contributed by atoms with Gasteiger partial charge in [-0.2, -0.15) is 0 Å². The van der Waals surface area contributed by atoms with Crippen molar-refractivity contribution in [1.29, 1.82) is 0 Å². The van der Waals surface area contributed by atoms with E-state index in [0.717, 1.165) is 28.1 Å². The quantitative estimate of drug-likeness (QED) is 0.628. The maximum atomic E-state index is 11.8. The van der Waals surface area contributed by atoms with Gasteiger partial charge in [0.1, 0.15) is 4.99 Å². The molecule has 3 rings (SSSR count). The van der Waals surface area contributed by atoms with Gasteiger partial charge in [0.2, 0.25) is 0 Å². The predicted molar refractivity (Wildman–Crippen MR) is 81.5 cm³/mol. The van der Waals surface area contributed by atoms with Gasteiger partial charge in [0, 0.05) is 5.56 Å². The molecule has 0 atom stereocenters. The second-order valence-electron chi connectivity index (χ2n) is 4.11. The fourth-order valence-electron chi connectivity index (χ4n) is 2.03. The van der Waals surface area contributed by atoms with Crippen molar-refractivity contribution in [2.45, 2.75) is 6.54 Å². The van der Waals surface area contributed by atoms with Gasteiger partial charge >= 0.3 is 6.09 Å². The second kappa shape index (κ2) is 5.15. The number of amides is 1. The zero-order valence-electron chi connectivity index (χ0n) is 10.4. The normalized spacial score (nSPS) is 13.2. The van der Waals surface area contributed by atoms with Gasteiger partial charge in [-0.15, -0.1) is 11.3 Å². The van der Waals surface area contributed by atoms with Crippen molar-refractivity contribution in [3.8, 4) is 10.6 Å². The number of thiophene rings is 1. The zero-order valence-corrected chi connectivity index (χ0v) is 12.0. The molecule has 6 heteroatoms. The van der Waals surface area contributed by atoms with E-state index in [1.807, 2.05) is 29.6 Å². The van der Waals surface area contributed by atoms with E-state index in [0.29, 0.717) is 11.5 Å². The Morgan fingerprint density at radius 3 is 3.05 bits per heavy atom. The van der Waals surface area contributed by atoms with E-state index in [4.69, 9.17) is 17.0 Å². The predicted octanol–water partition coefficient (Wildman–Crippen LogP) is 3.58. The molecule has 0 spiro atoms. The third-order valence-electron chi connectivity index (χ3n) is 2.94. The van der Waals surface area contributed by atoms with Crippen molar-refractivity contribution < 1.29 is 9.53 Å². The maximum Gasteiger partial charge on any atom is 0.420 e. The summed E-state index contributed by atoms with van der Waals surface area (Å²) < 4.78 is 4.77. The first-order valence-corrected chi connectivity index (χ1v) is 7.16. The molecule has 1 aliphatic rings. The van der Waals surface area contributed by atoms with Crippen LogP contribution >= 0.6 is 23.6 Å². The Hall–Kier alpha value is -2.05. The summed E-state index contributed by atoms with van der Waals surface area (Å²) in [4.78, 5) is 19.3. The molecular weight excluding hydrogens is 292 g/mol. The topological polar surface area (TPSA) is 42.4 Å². The number of hydrogen-bond acceptors (Lipinski definition) is 5. The van der Waals surface area contributed by atoms with Gasteiger partial charge in [-0.1, -0.05) is 24.9 Å². The minimum Gasteiger partial charge on any atom is -0.419 e. The standard InChI is InChI=1S/C14H10N2O2S2/c1-2-18-14(17)16-8-11-9(13(16)19)5-6-10(15-11)12-4-3-7-20-12/h2-7H,1,8H2. The van der Waals surface area contributed by atoms with Crippen LogP contribution in [0.3, 0.4) is 0 Å². The summed E-state index contributed by atoms with van der Waals surface area (Å²) in [7, 11) is 0. The van der Waals surface area contributed by atoms with Crippen LogP contribution in [0.25, 0.3) is 10.6 Å². The molecule has 1 amide bonds. The van der Waals surface area contributed by atoms with E-state index in [9.17, 15) is 4.79 Å². The van der Waals surface area contributed by atoms with Crippen LogP contribution in [0.5, 0.6) is 0 Å². The first kappa shape index (κ1) is 13.0. The highest BCUT2D eigenvalue weighted by molar-refractivity contribution is 7.80. The lowest BCUT2D eigenvalue weighted by atomic mass is 10.2. The number of rotatable bonds is 2. The Morgan fingerprint density at radius 2 is 2.35 bits per heavy atom. The van der Waals surface area contributed by atoms with Gasteiger partial charge in [0.05, 0.1) is 29.1 Å².